The standard InChI is InChI=1S/C11H17ClN4/c1-8-5-3-2-4-6-16(8)10-9(13)7-14-11(12)15-10/h7-8H,2-6,13H2,1H3. The van der Waals surface area contributed by atoms with Crippen molar-refractivity contribution in [1.29, 1.82) is 0 Å². The smallest absolute Gasteiger partial charge is 0.224 e. The Labute approximate surface area is 101 Å². The van der Waals surface area contributed by atoms with Gasteiger partial charge >= 0.3 is 0 Å². The van der Waals surface area contributed by atoms with Crippen molar-refractivity contribution in [3.63, 3.8) is 0 Å². The number of rotatable bonds is 1. The third-order valence-electron chi connectivity index (χ3n) is 3.09. The summed E-state index contributed by atoms with van der Waals surface area (Å²) in [6.45, 7) is 3.21. The third-order valence-corrected chi connectivity index (χ3v) is 3.27. The summed E-state index contributed by atoms with van der Waals surface area (Å²) in [5.74, 6) is 0.786. The van der Waals surface area contributed by atoms with Crippen LogP contribution in [0.2, 0.25) is 5.28 Å². The molecule has 88 valence electrons. The topological polar surface area (TPSA) is 55.0 Å². The van der Waals surface area contributed by atoms with Gasteiger partial charge in [-0.1, -0.05) is 12.8 Å². The number of nitrogens with two attached hydrogens (primary N) is 1. The van der Waals surface area contributed by atoms with Crippen molar-refractivity contribution >= 4 is 23.1 Å². The van der Waals surface area contributed by atoms with Crippen LogP contribution >= 0.6 is 11.6 Å². The zero-order chi connectivity index (χ0) is 11.5. The molecular formula is C11H17ClN4. The zero-order valence-electron chi connectivity index (χ0n) is 9.49. The van der Waals surface area contributed by atoms with Crippen LogP contribution in [0, 0.1) is 0 Å². The molecule has 5 heteroatoms. The van der Waals surface area contributed by atoms with Gasteiger partial charge in [0.25, 0.3) is 0 Å². The lowest BCUT2D eigenvalue weighted by molar-refractivity contribution is 0.611. The molecule has 0 saturated carbocycles. The highest BCUT2D eigenvalue weighted by Gasteiger charge is 2.20. The second kappa shape index (κ2) is 4.87. The lowest BCUT2D eigenvalue weighted by Gasteiger charge is -2.29. The summed E-state index contributed by atoms with van der Waals surface area (Å²) in [6.07, 6.45) is 6.50. The average Bonchev–Trinajstić information content (AvgIpc) is 2.47. The Morgan fingerprint density at radius 1 is 1.44 bits per heavy atom. The molecule has 4 nitrogen and oxygen atoms in total. The largest absolute Gasteiger partial charge is 0.394 e. The highest BCUT2D eigenvalue weighted by Crippen LogP contribution is 2.27. The fourth-order valence-electron chi connectivity index (χ4n) is 2.18. The van der Waals surface area contributed by atoms with Gasteiger partial charge in [-0.2, -0.15) is 4.98 Å². The van der Waals surface area contributed by atoms with Gasteiger partial charge in [0, 0.05) is 12.6 Å². The van der Waals surface area contributed by atoms with Crippen molar-refractivity contribution in [3.8, 4) is 0 Å². The summed E-state index contributed by atoms with van der Waals surface area (Å²) in [5, 5.41) is 0.264. The van der Waals surface area contributed by atoms with E-state index >= 15 is 0 Å². The molecule has 1 aromatic rings. The first-order valence-electron chi connectivity index (χ1n) is 5.73. The lowest BCUT2D eigenvalue weighted by atomic mass is 10.1. The molecule has 0 aromatic carbocycles. The van der Waals surface area contributed by atoms with E-state index in [-0.39, 0.29) is 5.28 Å². The maximum atomic E-state index is 5.91. The van der Waals surface area contributed by atoms with Crippen molar-refractivity contribution in [2.45, 2.75) is 38.6 Å². The molecule has 1 aliphatic heterocycles. The molecule has 0 spiro atoms. The molecule has 2 heterocycles. The molecule has 1 atom stereocenters. The Kier molecular flexibility index (Phi) is 3.49. The molecule has 1 aromatic heterocycles. The zero-order valence-corrected chi connectivity index (χ0v) is 10.2. The van der Waals surface area contributed by atoms with Crippen LogP contribution < -0.4 is 10.6 Å². The summed E-state index contributed by atoms with van der Waals surface area (Å²) >= 11 is 5.82. The number of anilines is 2. The molecule has 0 aliphatic carbocycles. The molecular weight excluding hydrogens is 224 g/mol. The Bertz CT molecular complexity index is 369. The minimum Gasteiger partial charge on any atom is -0.394 e. The van der Waals surface area contributed by atoms with Crippen LogP contribution in [0.5, 0.6) is 0 Å². The predicted molar refractivity (Wildman–Crippen MR) is 66.7 cm³/mol. The van der Waals surface area contributed by atoms with E-state index in [0.29, 0.717) is 11.7 Å². The van der Waals surface area contributed by atoms with Crippen LogP contribution in [0.4, 0.5) is 11.5 Å². The molecule has 0 radical (unpaired) electrons. The second-order valence-corrected chi connectivity index (χ2v) is 4.65. The van der Waals surface area contributed by atoms with Crippen LogP contribution in [0.1, 0.15) is 32.6 Å². The van der Waals surface area contributed by atoms with Gasteiger partial charge in [-0.3, -0.25) is 0 Å². The minimum atomic E-state index is 0.264. The summed E-state index contributed by atoms with van der Waals surface area (Å²) in [5.41, 5.74) is 6.52. The van der Waals surface area contributed by atoms with Crippen molar-refractivity contribution < 1.29 is 0 Å². The van der Waals surface area contributed by atoms with E-state index in [9.17, 15) is 0 Å². The fourth-order valence-corrected chi connectivity index (χ4v) is 2.31. The van der Waals surface area contributed by atoms with Crippen LogP contribution in [-0.4, -0.2) is 22.6 Å². The van der Waals surface area contributed by atoms with Gasteiger partial charge in [0.1, 0.15) is 0 Å². The predicted octanol–water partition coefficient (Wildman–Crippen LogP) is 2.48. The monoisotopic (exact) mass is 240 g/mol. The summed E-state index contributed by atoms with van der Waals surface area (Å²) in [6, 6.07) is 0.468. The maximum Gasteiger partial charge on any atom is 0.224 e. The number of nitrogen functional groups attached to an aromatic ring is 1. The van der Waals surface area contributed by atoms with Crippen molar-refractivity contribution in [2.24, 2.45) is 0 Å². The first kappa shape index (κ1) is 11.5. The summed E-state index contributed by atoms with van der Waals surface area (Å²) in [4.78, 5) is 10.4. The second-order valence-electron chi connectivity index (χ2n) is 4.31. The van der Waals surface area contributed by atoms with E-state index in [2.05, 4.69) is 21.8 Å². The van der Waals surface area contributed by atoms with Crippen molar-refractivity contribution in [2.75, 3.05) is 17.2 Å². The third kappa shape index (κ3) is 2.38. The quantitative estimate of drug-likeness (QED) is 0.767. The van der Waals surface area contributed by atoms with Gasteiger partial charge in [0.2, 0.25) is 5.28 Å². The van der Waals surface area contributed by atoms with Gasteiger partial charge in [0.15, 0.2) is 5.82 Å². The molecule has 1 unspecified atom stereocenters. The number of halogens is 1. The van der Waals surface area contributed by atoms with E-state index in [1.165, 1.54) is 25.7 Å². The molecule has 16 heavy (non-hydrogen) atoms. The number of aromatic nitrogens is 2. The van der Waals surface area contributed by atoms with Crippen LogP contribution in [-0.2, 0) is 0 Å². The summed E-state index contributed by atoms with van der Waals surface area (Å²) in [7, 11) is 0. The summed E-state index contributed by atoms with van der Waals surface area (Å²) < 4.78 is 0. The molecule has 2 N–H and O–H groups in total. The molecule has 0 amide bonds. The lowest BCUT2D eigenvalue weighted by Crippen LogP contribution is -2.33. The Morgan fingerprint density at radius 3 is 3.06 bits per heavy atom. The van der Waals surface area contributed by atoms with E-state index in [1.54, 1.807) is 6.20 Å². The van der Waals surface area contributed by atoms with E-state index in [1.807, 2.05) is 0 Å². The Hall–Kier alpha value is -1.03. The number of nitrogens with zero attached hydrogens (tertiary/aromatic N) is 3. The van der Waals surface area contributed by atoms with Crippen LogP contribution in [0.3, 0.4) is 0 Å². The van der Waals surface area contributed by atoms with Crippen LogP contribution in [0.15, 0.2) is 6.20 Å². The molecule has 2 rings (SSSR count). The number of hydrogen-bond acceptors (Lipinski definition) is 4. The van der Waals surface area contributed by atoms with Gasteiger partial charge in [-0.15, -0.1) is 0 Å². The minimum absolute atomic E-state index is 0.264. The molecule has 1 saturated heterocycles. The SMILES string of the molecule is CC1CCCCCN1c1nc(Cl)ncc1N. The first-order valence-corrected chi connectivity index (χ1v) is 6.11. The van der Waals surface area contributed by atoms with E-state index in [4.69, 9.17) is 17.3 Å². The number of hydrogen-bond donors (Lipinski definition) is 1. The molecule has 1 fully saturated rings. The molecule has 1 aliphatic rings. The maximum absolute atomic E-state index is 5.91. The van der Waals surface area contributed by atoms with Crippen molar-refractivity contribution in [3.05, 3.63) is 11.5 Å². The van der Waals surface area contributed by atoms with E-state index < -0.39 is 0 Å². The van der Waals surface area contributed by atoms with Gasteiger partial charge in [-0.05, 0) is 31.4 Å². The van der Waals surface area contributed by atoms with E-state index in [0.717, 1.165) is 12.4 Å². The fraction of sp³-hybridized carbons (Fsp3) is 0.636. The average molecular weight is 241 g/mol. The van der Waals surface area contributed by atoms with Crippen molar-refractivity contribution in [1.82, 2.24) is 9.97 Å². The molecule has 0 bridgehead atoms. The van der Waals surface area contributed by atoms with Gasteiger partial charge in [-0.25, -0.2) is 4.98 Å². The van der Waals surface area contributed by atoms with Crippen LogP contribution in [0.25, 0.3) is 0 Å². The normalized spacial score (nSPS) is 21.9. The Morgan fingerprint density at radius 2 is 2.25 bits per heavy atom. The Balaban J connectivity index is 2.29. The van der Waals surface area contributed by atoms with Gasteiger partial charge < -0.3 is 10.6 Å². The highest BCUT2D eigenvalue weighted by atomic mass is 35.5. The highest BCUT2D eigenvalue weighted by molar-refractivity contribution is 6.28. The first-order chi connectivity index (χ1) is 7.68. The van der Waals surface area contributed by atoms with Gasteiger partial charge in [0.05, 0.1) is 11.9 Å².